The van der Waals surface area contributed by atoms with Gasteiger partial charge in [-0.05, 0) is 30.5 Å². The third-order valence-electron chi connectivity index (χ3n) is 3.85. The molecule has 2 fully saturated rings. The minimum atomic E-state index is -0.760. The van der Waals surface area contributed by atoms with Gasteiger partial charge in [-0.25, -0.2) is 4.39 Å². The average molecular weight is 262 g/mol. The van der Waals surface area contributed by atoms with Gasteiger partial charge in [0.2, 0.25) is 5.91 Å². The van der Waals surface area contributed by atoms with Gasteiger partial charge in [-0.3, -0.25) is 9.59 Å². The topological polar surface area (TPSA) is 63.4 Å². The van der Waals surface area contributed by atoms with Crippen LogP contribution in [0.5, 0.6) is 0 Å². The molecule has 1 saturated carbocycles. The summed E-state index contributed by atoms with van der Waals surface area (Å²) in [5.74, 6) is -0.712. The Kier molecular flexibility index (Phi) is 2.77. The van der Waals surface area contributed by atoms with E-state index in [0.29, 0.717) is 13.1 Å². The average Bonchev–Trinajstić information content (AvgIpc) is 3.12. The zero-order chi connectivity index (χ0) is 13.6. The number of likely N-dealkylation sites (tertiary alicyclic amines) is 1. The molecule has 0 spiro atoms. The van der Waals surface area contributed by atoms with Crippen LogP contribution in [0.25, 0.3) is 0 Å². The molecule has 4 nitrogen and oxygen atoms in total. The molecule has 19 heavy (non-hydrogen) atoms. The van der Waals surface area contributed by atoms with Crippen LogP contribution < -0.4 is 5.73 Å². The van der Waals surface area contributed by atoms with E-state index in [-0.39, 0.29) is 23.3 Å². The number of rotatable bonds is 3. The molecule has 1 aromatic rings. The van der Waals surface area contributed by atoms with Gasteiger partial charge in [0.1, 0.15) is 5.82 Å². The summed E-state index contributed by atoms with van der Waals surface area (Å²) in [6, 6.07) is 4.42. The van der Waals surface area contributed by atoms with Gasteiger partial charge >= 0.3 is 0 Å². The number of primary amides is 1. The molecule has 1 heterocycles. The molecule has 0 unspecified atom stereocenters. The molecule has 1 saturated heterocycles. The Morgan fingerprint density at radius 2 is 1.95 bits per heavy atom. The quantitative estimate of drug-likeness (QED) is 0.891. The maximum atomic E-state index is 13.4. The molecule has 100 valence electrons. The normalized spacial score (nSPS) is 19.1. The Bertz CT molecular complexity index is 548. The summed E-state index contributed by atoms with van der Waals surface area (Å²) in [5, 5.41) is 0. The molecule has 0 aromatic heterocycles. The number of hydrogen-bond acceptors (Lipinski definition) is 2. The van der Waals surface area contributed by atoms with E-state index >= 15 is 0 Å². The van der Waals surface area contributed by atoms with Crippen LogP contribution in [-0.2, 0) is 4.79 Å². The first-order valence-electron chi connectivity index (χ1n) is 6.44. The predicted octanol–water partition coefficient (Wildman–Crippen LogP) is 1.26. The molecule has 2 amide bonds. The van der Waals surface area contributed by atoms with Crippen LogP contribution >= 0.6 is 0 Å². The smallest absolute Gasteiger partial charge is 0.251 e. The number of hydrogen-bond donors (Lipinski definition) is 1. The van der Waals surface area contributed by atoms with Crippen molar-refractivity contribution in [3.63, 3.8) is 0 Å². The summed E-state index contributed by atoms with van der Waals surface area (Å²) in [6.07, 6.45) is 2.00. The fourth-order valence-electron chi connectivity index (χ4n) is 2.44. The highest BCUT2D eigenvalue weighted by atomic mass is 19.1. The summed E-state index contributed by atoms with van der Waals surface area (Å²) in [7, 11) is 0. The summed E-state index contributed by atoms with van der Waals surface area (Å²) < 4.78 is 13.4. The van der Waals surface area contributed by atoms with Crippen molar-refractivity contribution in [2.24, 2.45) is 11.7 Å². The van der Waals surface area contributed by atoms with E-state index in [2.05, 4.69) is 0 Å². The predicted molar refractivity (Wildman–Crippen MR) is 67.0 cm³/mol. The second-order valence-corrected chi connectivity index (χ2v) is 5.32. The molecule has 0 bridgehead atoms. The zero-order valence-electron chi connectivity index (χ0n) is 10.4. The molecule has 2 N–H and O–H groups in total. The molecule has 1 aliphatic carbocycles. The number of carbonyl (C=O) groups is 2. The molecule has 1 aliphatic heterocycles. The van der Waals surface area contributed by atoms with Crippen molar-refractivity contribution in [3.05, 3.63) is 35.1 Å². The third-order valence-corrected chi connectivity index (χ3v) is 3.85. The van der Waals surface area contributed by atoms with E-state index in [1.165, 1.54) is 12.1 Å². The van der Waals surface area contributed by atoms with Crippen LogP contribution in [0.1, 0.15) is 34.7 Å². The number of amides is 2. The first-order chi connectivity index (χ1) is 9.06. The van der Waals surface area contributed by atoms with Crippen LogP contribution in [0.2, 0.25) is 0 Å². The number of nitrogens with zero attached hydrogens (tertiary/aromatic N) is 1. The summed E-state index contributed by atoms with van der Waals surface area (Å²) in [4.78, 5) is 24.7. The Morgan fingerprint density at radius 1 is 1.26 bits per heavy atom. The van der Waals surface area contributed by atoms with Crippen LogP contribution in [0.3, 0.4) is 0 Å². The van der Waals surface area contributed by atoms with Crippen molar-refractivity contribution in [2.45, 2.75) is 18.8 Å². The molecule has 5 heteroatoms. The summed E-state index contributed by atoms with van der Waals surface area (Å²) in [6.45, 7) is 1.30. The number of halogens is 1. The number of nitrogens with two attached hydrogens (primary N) is 1. The van der Waals surface area contributed by atoms with Crippen molar-refractivity contribution in [1.29, 1.82) is 0 Å². The first kappa shape index (κ1) is 12.1. The Labute approximate surface area is 110 Å². The number of benzene rings is 1. The second kappa shape index (κ2) is 4.33. The molecule has 0 radical (unpaired) electrons. The Morgan fingerprint density at radius 3 is 2.53 bits per heavy atom. The van der Waals surface area contributed by atoms with E-state index in [9.17, 15) is 14.0 Å². The largest absolute Gasteiger partial charge is 0.366 e. The van der Waals surface area contributed by atoms with Gasteiger partial charge in [0, 0.05) is 24.9 Å². The zero-order valence-corrected chi connectivity index (χ0v) is 10.4. The lowest BCUT2D eigenvalue weighted by molar-refractivity contribution is -0.137. The van der Waals surface area contributed by atoms with Gasteiger partial charge in [0.05, 0.1) is 5.56 Å². The van der Waals surface area contributed by atoms with E-state index in [1.54, 1.807) is 6.07 Å². The second-order valence-electron chi connectivity index (χ2n) is 5.32. The fourth-order valence-corrected chi connectivity index (χ4v) is 2.44. The maximum absolute atomic E-state index is 13.4. The van der Waals surface area contributed by atoms with Crippen molar-refractivity contribution in [2.75, 3.05) is 13.1 Å². The minimum absolute atomic E-state index is 0.0792. The lowest BCUT2D eigenvalue weighted by Crippen LogP contribution is -2.49. The van der Waals surface area contributed by atoms with Gasteiger partial charge in [0.25, 0.3) is 5.91 Å². The lowest BCUT2D eigenvalue weighted by atomic mass is 9.90. The molecule has 1 aromatic carbocycles. The molecule has 3 rings (SSSR count). The first-order valence-corrected chi connectivity index (χ1v) is 6.44. The van der Waals surface area contributed by atoms with Crippen LogP contribution in [0.15, 0.2) is 18.2 Å². The SMILES string of the molecule is NC(=O)c1cc(C2CN(C(=O)C3CC3)C2)ccc1F. The van der Waals surface area contributed by atoms with E-state index in [4.69, 9.17) is 5.73 Å². The lowest BCUT2D eigenvalue weighted by Gasteiger charge is -2.40. The number of carbonyl (C=O) groups excluding carboxylic acids is 2. The monoisotopic (exact) mass is 262 g/mol. The third kappa shape index (κ3) is 2.20. The molecule has 2 aliphatic rings. The van der Waals surface area contributed by atoms with Crippen LogP contribution in [-0.4, -0.2) is 29.8 Å². The van der Waals surface area contributed by atoms with Crippen molar-refractivity contribution < 1.29 is 14.0 Å². The standard InChI is InChI=1S/C14H15FN2O2/c15-12-4-3-9(5-11(12)13(16)18)10-6-17(7-10)14(19)8-1-2-8/h3-5,8,10H,1-2,6-7H2,(H2,16,18). The van der Waals surface area contributed by atoms with Gasteiger partial charge in [0.15, 0.2) is 0 Å². The maximum Gasteiger partial charge on any atom is 0.251 e. The Hall–Kier alpha value is -1.91. The summed E-state index contributed by atoms with van der Waals surface area (Å²) >= 11 is 0. The highest BCUT2D eigenvalue weighted by Crippen LogP contribution is 2.36. The van der Waals surface area contributed by atoms with E-state index in [0.717, 1.165) is 18.4 Å². The van der Waals surface area contributed by atoms with Gasteiger partial charge in [-0.1, -0.05) is 6.07 Å². The van der Waals surface area contributed by atoms with Crippen LogP contribution in [0, 0.1) is 11.7 Å². The van der Waals surface area contributed by atoms with Gasteiger partial charge in [-0.15, -0.1) is 0 Å². The van der Waals surface area contributed by atoms with Gasteiger partial charge in [-0.2, -0.15) is 0 Å². The van der Waals surface area contributed by atoms with Crippen LogP contribution in [0.4, 0.5) is 4.39 Å². The van der Waals surface area contributed by atoms with Crippen molar-refractivity contribution in [1.82, 2.24) is 4.90 Å². The Balaban J connectivity index is 1.69. The summed E-state index contributed by atoms with van der Waals surface area (Å²) in [5.41, 5.74) is 5.91. The molecular weight excluding hydrogens is 247 g/mol. The van der Waals surface area contributed by atoms with Crippen molar-refractivity contribution >= 4 is 11.8 Å². The highest BCUT2D eigenvalue weighted by molar-refractivity contribution is 5.93. The highest BCUT2D eigenvalue weighted by Gasteiger charge is 2.39. The van der Waals surface area contributed by atoms with E-state index in [1.807, 2.05) is 4.90 Å². The van der Waals surface area contributed by atoms with Crippen molar-refractivity contribution in [3.8, 4) is 0 Å². The molecule has 0 atom stereocenters. The molecular formula is C14H15FN2O2. The van der Waals surface area contributed by atoms with Gasteiger partial charge < -0.3 is 10.6 Å². The minimum Gasteiger partial charge on any atom is -0.366 e. The van der Waals surface area contributed by atoms with E-state index < -0.39 is 11.7 Å². The fraction of sp³-hybridized carbons (Fsp3) is 0.429.